The molecular weight excluding hydrogens is 336 g/mol. The highest BCUT2D eigenvalue weighted by molar-refractivity contribution is 6.07. The highest BCUT2D eigenvalue weighted by atomic mass is 17.4. The number of phenols is 2. The van der Waals surface area contributed by atoms with Crippen LogP contribution in [-0.2, 0) is 14.7 Å². The lowest BCUT2D eigenvalue weighted by molar-refractivity contribution is -0.386. The zero-order chi connectivity index (χ0) is 18.1. The minimum Gasteiger partial charge on any atom is -0.504 e. The van der Waals surface area contributed by atoms with Crippen molar-refractivity contribution < 1.29 is 34.6 Å². The first-order chi connectivity index (χ1) is 11.9. The molecule has 0 bridgehead atoms. The molecule has 1 heterocycles. The SMILES string of the molecule is CC1OON(c2cc(O)c(O)c([N+](=O)[O-])c2C(=O)C2CCCCC2)O1. The Balaban J connectivity index is 2.13. The second kappa shape index (κ2) is 6.82. The molecule has 1 aromatic carbocycles. The Kier molecular flexibility index (Phi) is 4.75. The van der Waals surface area contributed by atoms with E-state index >= 15 is 0 Å². The molecule has 2 N–H and O–H groups in total. The number of ketones is 1. The van der Waals surface area contributed by atoms with Gasteiger partial charge in [0.25, 0.3) is 0 Å². The number of anilines is 1. The maximum atomic E-state index is 13.0. The van der Waals surface area contributed by atoms with Crippen LogP contribution in [0.5, 0.6) is 11.5 Å². The van der Waals surface area contributed by atoms with Gasteiger partial charge in [-0.25, -0.2) is 4.84 Å². The Labute approximate surface area is 142 Å². The molecule has 0 aromatic heterocycles. The van der Waals surface area contributed by atoms with Crippen LogP contribution in [0.1, 0.15) is 49.4 Å². The number of nitro benzene ring substituents is 1. The quantitative estimate of drug-likeness (QED) is 0.275. The number of hydrogen-bond donors (Lipinski definition) is 2. The summed E-state index contributed by atoms with van der Waals surface area (Å²) in [5, 5.41) is 31.9. The summed E-state index contributed by atoms with van der Waals surface area (Å²) < 4.78 is 0. The number of aromatic hydroxyl groups is 2. The van der Waals surface area contributed by atoms with E-state index in [-0.39, 0.29) is 11.3 Å². The molecule has 1 atom stereocenters. The second-order valence-corrected chi connectivity index (χ2v) is 6.04. The lowest BCUT2D eigenvalue weighted by Crippen LogP contribution is -2.24. The average Bonchev–Trinajstić information content (AvgIpc) is 3.03. The van der Waals surface area contributed by atoms with E-state index in [1.54, 1.807) is 0 Å². The van der Waals surface area contributed by atoms with E-state index in [0.717, 1.165) is 25.3 Å². The number of benzene rings is 1. The van der Waals surface area contributed by atoms with Crippen LogP contribution in [-0.4, -0.2) is 27.2 Å². The van der Waals surface area contributed by atoms with E-state index in [1.807, 2.05) is 0 Å². The summed E-state index contributed by atoms with van der Waals surface area (Å²) in [6.07, 6.45) is 3.09. The van der Waals surface area contributed by atoms with Crippen LogP contribution in [0, 0.1) is 16.0 Å². The number of nitrogens with zero attached hydrogens (tertiary/aromatic N) is 2. The van der Waals surface area contributed by atoms with Gasteiger partial charge in [-0.15, -0.1) is 0 Å². The average molecular weight is 354 g/mol. The molecule has 2 fully saturated rings. The predicted molar refractivity (Wildman–Crippen MR) is 82.5 cm³/mol. The molecule has 0 amide bonds. The van der Waals surface area contributed by atoms with E-state index in [0.29, 0.717) is 18.1 Å². The Morgan fingerprint density at radius 1 is 1.32 bits per heavy atom. The van der Waals surface area contributed by atoms with Gasteiger partial charge < -0.3 is 10.2 Å². The van der Waals surface area contributed by atoms with Crippen molar-refractivity contribution >= 4 is 17.2 Å². The monoisotopic (exact) mass is 354 g/mol. The van der Waals surface area contributed by atoms with Gasteiger partial charge in [-0.05, 0) is 19.8 Å². The fourth-order valence-electron chi connectivity index (χ4n) is 3.13. The van der Waals surface area contributed by atoms with Crippen LogP contribution >= 0.6 is 0 Å². The van der Waals surface area contributed by atoms with E-state index in [1.165, 1.54) is 6.92 Å². The molecule has 10 nitrogen and oxygen atoms in total. The van der Waals surface area contributed by atoms with Crippen molar-refractivity contribution in [2.75, 3.05) is 5.23 Å². The highest BCUT2D eigenvalue weighted by Gasteiger charge is 2.39. The number of rotatable bonds is 4. The zero-order valence-electron chi connectivity index (χ0n) is 13.5. The van der Waals surface area contributed by atoms with E-state index < -0.39 is 40.1 Å². The van der Waals surface area contributed by atoms with Crippen molar-refractivity contribution in [3.8, 4) is 11.5 Å². The minimum absolute atomic E-state index is 0.193. The molecule has 1 saturated heterocycles. The first kappa shape index (κ1) is 17.4. The van der Waals surface area contributed by atoms with Crippen LogP contribution < -0.4 is 5.23 Å². The van der Waals surface area contributed by atoms with Gasteiger partial charge in [0.15, 0.2) is 11.5 Å². The molecule has 2 aliphatic rings. The summed E-state index contributed by atoms with van der Waals surface area (Å²) in [5.74, 6) is -2.64. The molecule has 1 aromatic rings. The van der Waals surface area contributed by atoms with Crippen molar-refractivity contribution in [1.29, 1.82) is 0 Å². The normalized spacial score (nSPS) is 21.5. The van der Waals surface area contributed by atoms with Gasteiger partial charge in [-0.3, -0.25) is 14.9 Å². The smallest absolute Gasteiger partial charge is 0.327 e. The van der Waals surface area contributed by atoms with E-state index in [2.05, 4.69) is 0 Å². The maximum Gasteiger partial charge on any atom is 0.327 e. The van der Waals surface area contributed by atoms with Crippen LogP contribution in [0.25, 0.3) is 0 Å². The minimum atomic E-state index is -0.971. The van der Waals surface area contributed by atoms with Gasteiger partial charge in [0, 0.05) is 12.0 Å². The van der Waals surface area contributed by atoms with Crippen molar-refractivity contribution in [3.05, 3.63) is 21.7 Å². The summed E-state index contributed by atoms with van der Waals surface area (Å²) >= 11 is 0. The third kappa shape index (κ3) is 3.23. The van der Waals surface area contributed by atoms with Crippen LogP contribution in [0.4, 0.5) is 11.4 Å². The summed E-state index contributed by atoms with van der Waals surface area (Å²) in [6, 6.07) is 0.972. The van der Waals surface area contributed by atoms with Crippen LogP contribution in [0.15, 0.2) is 6.07 Å². The number of hydrogen-bond acceptors (Lipinski definition) is 9. The maximum absolute atomic E-state index is 13.0. The van der Waals surface area contributed by atoms with Gasteiger partial charge in [0.2, 0.25) is 12.0 Å². The number of carbonyl (C=O) groups excluding carboxylic acids is 1. The Morgan fingerprint density at radius 2 is 2.00 bits per heavy atom. The third-order valence-corrected chi connectivity index (χ3v) is 4.33. The van der Waals surface area contributed by atoms with Gasteiger partial charge in [-0.1, -0.05) is 29.5 Å². The summed E-state index contributed by atoms with van der Waals surface area (Å²) in [5.41, 5.74) is -1.44. The van der Waals surface area contributed by atoms with Crippen LogP contribution in [0.3, 0.4) is 0 Å². The number of carbonyl (C=O) groups is 1. The van der Waals surface area contributed by atoms with Gasteiger partial charge in [0.05, 0.1) is 4.92 Å². The van der Waals surface area contributed by atoms with Gasteiger partial charge in [-0.2, -0.15) is 4.89 Å². The van der Waals surface area contributed by atoms with Crippen molar-refractivity contribution in [3.63, 3.8) is 0 Å². The molecule has 1 saturated carbocycles. The highest BCUT2D eigenvalue weighted by Crippen LogP contribution is 2.46. The Hall–Kier alpha value is -2.43. The van der Waals surface area contributed by atoms with Crippen molar-refractivity contribution in [2.24, 2.45) is 5.92 Å². The number of Topliss-reactive ketones (excluding diaryl/α,β-unsaturated/α-hetero) is 1. The van der Waals surface area contributed by atoms with Crippen LogP contribution in [0.2, 0.25) is 0 Å². The molecule has 136 valence electrons. The summed E-state index contributed by atoms with van der Waals surface area (Å²) in [4.78, 5) is 38.3. The molecular formula is C15H18N2O8. The molecule has 25 heavy (non-hydrogen) atoms. The molecule has 0 radical (unpaired) electrons. The summed E-state index contributed by atoms with van der Waals surface area (Å²) in [6.45, 7) is 1.51. The third-order valence-electron chi connectivity index (χ3n) is 4.33. The van der Waals surface area contributed by atoms with Gasteiger partial charge in [0.1, 0.15) is 11.3 Å². The van der Waals surface area contributed by atoms with Crippen molar-refractivity contribution in [2.45, 2.75) is 45.3 Å². The molecule has 1 aliphatic carbocycles. The first-order valence-electron chi connectivity index (χ1n) is 7.98. The summed E-state index contributed by atoms with van der Waals surface area (Å²) in [7, 11) is 0. The largest absolute Gasteiger partial charge is 0.504 e. The second-order valence-electron chi connectivity index (χ2n) is 6.04. The van der Waals surface area contributed by atoms with Crippen molar-refractivity contribution in [1.82, 2.24) is 0 Å². The number of phenolic OH excluding ortho intramolecular Hbond substituents is 2. The molecule has 3 rings (SSSR count). The molecule has 10 heteroatoms. The molecule has 1 unspecified atom stereocenters. The lowest BCUT2D eigenvalue weighted by Gasteiger charge is -2.23. The molecule has 1 aliphatic heterocycles. The van der Waals surface area contributed by atoms with E-state index in [4.69, 9.17) is 14.7 Å². The fourth-order valence-corrected chi connectivity index (χ4v) is 3.13. The van der Waals surface area contributed by atoms with E-state index in [9.17, 15) is 25.1 Å². The Bertz CT molecular complexity index is 701. The number of nitro groups is 1. The standard InChI is InChI=1S/C15H18N2O8/c1-8-23-17(25-24-8)10-7-11(18)15(20)13(16(21)22)12(10)14(19)9-5-3-2-4-6-9/h7-9,18,20H,2-6H2,1H3. The zero-order valence-corrected chi connectivity index (χ0v) is 13.5. The molecule has 0 spiro atoms. The Morgan fingerprint density at radius 3 is 2.56 bits per heavy atom. The lowest BCUT2D eigenvalue weighted by atomic mass is 9.83. The topological polar surface area (TPSA) is 132 Å². The first-order valence-corrected chi connectivity index (χ1v) is 7.98. The fraction of sp³-hybridized carbons (Fsp3) is 0.533. The van der Waals surface area contributed by atoms with Gasteiger partial charge >= 0.3 is 5.69 Å². The predicted octanol–water partition coefficient (Wildman–Crippen LogP) is 2.73.